The van der Waals surface area contributed by atoms with Crippen molar-refractivity contribution in [3.63, 3.8) is 0 Å². The number of hydrazone groups is 1. The first-order valence-corrected chi connectivity index (χ1v) is 9.50. The number of benzene rings is 2. The van der Waals surface area contributed by atoms with E-state index in [0.717, 1.165) is 21.7 Å². The van der Waals surface area contributed by atoms with Crippen LogP contribution in [0.2, 0.25) is 0 Å². The van der Waals surface area contributed by atoms with E-state index in [0.29, 0.717) is 16.3 Å². The van der Waals surface area contributed by atoms with Gasteiger partial charge in [0.2, 0.25) is 0 Å². The van der Waals surface area contributed by atoms with Gasteiger partial charge < -0.3 is 15.1 Å². The van der Waals surface area contributed by atoms with Crippen molar-refractivity contribution in [2.24, 2.45) is 5.10 Å². The maximum absolute atomic E-state index is 10.5. The van der Waals surface area contributed by atoms with Crippen LogP contribution in [0.25, 0.3) is 0 Å². The summed E-state index contributed by atoms with van der Waals surface area (Å²) >= 11 is 10.0. The topological polar surface area (TPSA) is 68.1 Å². The first-order valence-electron chi connectivity index (χ1n) is 8.64. The van der Waals surface area contributed by atoms with Crippen LogP contribution < -0.4 is 10.3 Å². The number of thiol groups is 1. The lowest BCUT2D eigenvalue weighted by atomic mass is 9.88. The summed E-state index contributed by atoms with van der Waals surface area (Å²) in [5, 5.41) is 25.0. The molecule has 2 aromatic carbocycles. The highest BCUT2D eigenvalue weighted by molar-refractivity contribution is 7.80. The van der Waals surface area contributed by atoms with Crippen LogP contribution in [-0.2, 0) is 0 Å². The molecule has 0 saturated carbocycles. The molecule has 3 rings (SSSR count). The van der Waals surface area contributed by atoms with Gasteiger partial charge in [-0.2, -0.15) is 5.10 Å². The van der Waals surface area contributed by atoms with E-state index in [9.17, 15) is 10.2 Å². The Kier molecular flexibility index (Phi) is 5.35. The summed E-state index contributed by atoms with van der Waals surface area (Å²) in [7, 11) is 3.92. The Balaban J connectivity index is 2.11. The maximum atomic E-state index is 10.5. The third-order valence-corrected chi connectivity index (χ3v) is 5.38. The average Bonchev–Trinajstić information content (AvgIpc) is 2.96. The smallest absolute Gasteiger partial charge is 0.128 e. The van der Waals surface area contributed by atoms with Crippen LogP contribution in [0.5, 0.6) is 11.5 Å². The molecule has 1 unspecified atom stereocenters. The Morgan fingerprint density at radius 1 is 1.15 bits per heavy atom. The van der Waals surface area contributed by atoms with Gasteiger partial charge in [0.05, 0.1) is 11.6 Å². The van der Waals surface area contributed by atoms with Gasteiger partial charge in [-0.3, -0.25) is 5.43 Å². The second kappa shape index (κ2) is 7.40. The third-order valence-electron chi connectivity index (χ3n) is 4.68. The fourth-order valence-electron chi connectivity index (χ4n) is 3.23. The number of rotatable bonds is 4. The number of phenols is 2. The Morgan fingerprint density at radius 3 is 2.48 bits per heavy atom. The quantitative estimate of drug-likeness (QED) is 0.461. The monoisotopic (exact) mass is 401 g/mol. The van der Waals surface area contributed by atoms with Crippen LogP contribution in [0.1, 0.15) is 42.4 Å². The molecule has 1 aliphatic heterocycles. The second-order valence-corrected chi connectivity index (χ2v) is 8.05. The van der Waals surface area contributed by atoms with Crippen LogP contribution in [0.3, 0.4) is 0 Å². The molecule has 1 heterocycles. The molecule has 0 bridgehead atoms. The molecule has 0 aliphatic carbocycles. The molecule has 2 aromatic rings. The van der Waals surface area contributed by atoms with E-state index in [4.69, 9.17) is 12.2 Å². The lowest BCUT2D eigenvalue weighted by Crippen LogP contribution is -2.21. The molecule has 0 radical (unpaired) electrons. The van der Waals surface area contributed by atoms with Crippen LogP contribution >= 0.6 is 24.8 Å². The second-order valence-electron chi connectivity index (χ2n) is 7.13. The first kappa shape index (κ1) is 19.5. The molecule has 0 aromatic heterocycles. The SMILES string of the molecule is CC(C)c1cc(C2=NNC(=S)C2c2ccc(S)c(N(C)C)c2)c(O)cc1O. The average molecular weight is 402 g/mol. The van der Waals surface area contributed by atoms with E-state index >= 15 is 0 Å². The molecular weight excluding hydrogens is 378 g/mol. The van der Waals surface area contributed by atoms with Gasteiger partial charge in [-0.05, 0) is 35.2 Å². The summed E-state index contributed by atoms with van der Waals surface area (Å²) in [6.07, 6.45) is 0. The Bertz CT molecular complexity index is 939. The van der Waals surface area contributed by atoms with Crippen LogP contribution in [0.4, 0.5) is 5.69 Å². The molecule has 1 atom stereocenters. The van der Waals surface area contributed by atoms with Gasteiger partial charge in [-0.15, -0.1) is 12.6 Å². The highest BCUT2D eigenvalue weighted by Gasteiger charge is 2.32. The van der Waals surface area contributed by atoms with Gasteiger partial charge in [0, 0.05) is 36.3 Å². The van der Waals surface area contributed by atoms with Crippen molar-refractivity contribution in [1.82, 2.24) is 5.43 Å². The van der Waals surface area contributed by atoms with Crippen molar-refractivity contribution in [2.75, 3.05) is 19.0 Å². The number of thiocarbonyl (C=S) groups is 1. The number of nitrogens with zero attached hydrogens (tertiary/aromatic N) is 2. The Labute approximate surface area is 170 Å². The molecule has 0 fully saturated rings. The first-order chi connectivity index (χ1) is 12.7. The zero-order valence-corrected chi connectivity index (χ0v) is 17.4. The van der Waals surface area contributed by atoms with Crippen LogP contribution in [0, 0.1) is 0 Å². The van der Waals surface area contributed by atoms with Gasteiger partial charge >= 0.3 is 0 Å². The molecule has 3 N–H and O–H groups in total. The number of aromatic hydroxyl groups is 2. The highest BCUT2D eigenvalue weighted by atomic mass is 32.1. The number of hydrogen-bond donors (Lipinski definition) is 4. The van der Waals surface area contributed by atoms with E-state index in [1.165, 1.54) is 6.07 Å². The number of hydrogen-bond acceptors (Lipinski definition) is 6. The summed E-state index contributed by atoms with van der Waals surface area (Å²) in [6, 6.07) is 9.09. The summed E-state index contributed by atoms with van der Waals surface area (Å²) in [5.74, 6) is -0.131. The predicted octanol–water partition coefficient (Wildman–Crippen LogP) is 3.99. The van der Waals surface area contributed by atoms with Crippen molar-refractivity contribution in [3.8, 4) is 11.5 Å². The van der Waals surface area contributed by atoms with E-state index in [1.807, 2.05) is 51.0 Å². The van der Waals surface area contributed by atoms with Crippen molar-refractivity contribution < 1.29 is 10.2 Å². The van der Waals surface area contributed by atoms with Crippen molar-refractivity contribution in [1.29, 1.82) is 0 Å². The van der Waals surface area contributed by atoms with Crippen molar-refractivity contribution >= 4 is 41.2 Å². The lowest BCUT2D eigenvalue weighted by molar-refractivity contribution is 0.443. The fraction of sp³-hybridized carbons (Fsp3) is 0.300. The number of nitrogens with one attached hydrogen (secondary N) is 1. The zero-order valence-electron chi connectivity index (χ0n) is 15.7. The molecule has 0 amide bonds. The molecule has 27 heavy (non-hydrogen) atoms. The highest BCUT2D eigenvalue weighted by Crippen LogP contribution is 2.37. The standard InChI is InChI=1S/C20H23N3O2S2/c1-10(2)12-8-13(16(25)9-15(12)24)19-18(20(27)22-21-19)11-5-6-17(26)14(7-11)23(3)4/h5-10,18,24-26H,1-4H3,(H,22,27). The normalized spacial score (nSPS) is 16.4. The van der Waals surface area contributed by atoms with Crippen LogP contribution in [0.15, 0.2) is 40.3 Å². The maximum Gasteiger partial charge on any atom is 0.128 e. The summed E-state index contributed by atoms with van der Waals surface area (Å²) in [4.78, 5) is 3.43. The number of phenolic OH excluding ortho intramolecular Hbond substituents is 2. The largest absolute Gasteiger partial charge is 0.508 e. The summed E-state index contributed by atoms with van der Waals surface area (Å²) in [5.41, 5.74) is 6.77. The summed E-state index contributed by atoms with van der Waals surface area (Å²) in [6.45, 7) is 3.98. The molecule has 5 nitrogen and oxygen atoms in total. The molecule has 0 spiro atoms. The van der Waals surface area contributed by atoms with Crippen molar-refractivity contribution in [3.05, 3.63) is 47.0 Å². The van der Waals surface area contributed by atoms with Crippen LogP contribution in [-0.4, -0.2) is 35.0 Å². The Morgan fingerprint density at radius 2 is 1.85 bits per heavy atom. The molecule has 142 valence electrons. The third kappa shape index (κ3) is 3.61. The zero-order chi connectivity index (χ0) is 19.9. The predicted molar refractivity (Wildman–Crippen MR) is 117 cm³/mol. The van der Waals surface area contributed by atoms with Crippen molar-refractivity contribution in [2.45, 2.75) is 30.6 Å². The van der Waals surface area contributed by atoms with Gasteiger partial charge in [0.25, 0.3) is 0 Å². The number of anilines is 1. The minimum Gasteiger partial charge on any atom is -0.508 e. The van der Waals surface area contributed by atoms with Gasteiger partial charge in [0.1, 0.15) is 16.5 Å². The van der Waals surface area contributed by atoms with Gasteiger partial charge in [-0.25, -0.2) is 0 Å². The molecule has 1 aliphatic rings. The fourth-order valence-corrected chi connectivity index (χ4v) is 3.87. The van der Waals surface area contributed by atoms with E-state index in [-0.39, 0.29) is 23.3 Å². The molecule has 7 heteroatoms. The van der Waals surface area contributed by atoms with Gasteiger partial charge in [-0.1, -0.05) is 32.1 Å². The Hall–Kier alpha value is -2.25. The molecular formula is C20H23N3O2S2. The lowest BCUT2D eigenvalue weighted by Gasteiger charge is -2.20. The van der Waals surface area contributed by atoms with E-state index in [2.05, 4.69) is 23.2 Å². The van der Waals surface area contributed by atoms with E-state index < -0.39 is 0 Å². The molecule has 0 saturated heterocycles. The van der Waals surface area contributed by atoms with Gasteiger partial charge in [0.15, 0.2) is 0 Å². The van der Waals surface area contributed by atoms with E-state index in [1.54, 1.807) is 6.07 Å². The summed E-state index contributed by atoms with van der Waals surface area (Å²) < 4.78 is 0. The minimum atomic E-state index is -0.289. The minimum absolute atomic E-state index is 0.0224.